The average Bonchev–Trinajstić information content (AvgIpc) is 2.48. The third kappa shape index (κ3) is 3.43. The summed E-state index contributed by atoms with van der Waals surface area (Å²) in [6.45, 7) is 0. The smallest absolute Gasteiger partial charge is 0.195 e. The zero-order valence-electron chi connectivity index (χ0n) is 10.6. The second-order valence-electron chi connectivity index (χ2n) is 4.14. The van der Waals surface area contributed by atoms with E-state index < -0.39 is 6.10 Å². The van der Waals surface area contributed by atoms with Gasteiger partial charge in [-0.25, -0.2) is 4.40 Å². The van der Waals surface area contributed by atoms with E-state index in [-0.39, 0.29) is 5.78 Å². The first-order chi connectivity index (χ1) is 9.22. The van der Waals surface area contributed by atoms with Crippen molar-refractivity contribution in [3.63, 3.8) is 0 Å². The lowest BCUT2D eigenvalue weighted by Gasteiger charge is -2.13. The summed E-state index contributed by atoms with van der Waals surface area (Å²) in [5, 5.41) is 10.1. The van der Waals surface area contributed by atoms with E-state index in [2.05, 4.69) is 4.40 Å². The summed E-state index contributed by atoms with van der Waals surface area (Å²) in [6, 6.07) is 8.96. The molecule has 1 aromatic carbocycles. The van der Waals surface area contributed by atoms with Crippen molar-refractivity contribution >= 4 is 23.4 Å². The van der Waals surface area contributed by atoms with Gasteiger partial charge < -0.3 is 5.11 Å². The molecule has 0 fully saturated rings. The second-order valence-corrected chi connectivity index (χ2v) is 4.69. The number of carbonyl (C=O) groups excluding carboxylic acids is 1. The SMILES string of the molecule is CSN=C1C=CC(C(=O)C(O)c2ccccc2)=CC1. The number of Topliss-reactive ketones (excluding diaryl/α,β-unsaturated/α-hetero) is 1. The minimum Gasteiger partial charge on any atom is -0.380 e. The minimum atomic E-state index is -1.10. The van der Waals surface area contributed by atoms with Gasteiger partial charge in [0.15, 0.2) is 5.78 Å². The van der Waals surface area contributed by atoms with Crippen LogP contribution in [-0.4, -0.2) is 22.9 Å². The Balaban J connectivity index is 2.10. The van der Waals surface area contributed by atoms with Crippen LogP contribution in [0.5, 0.6) is 0 Å². The fraction of sp³-hybridized carbons (Fsp3) is 0.200. The molecule has 1 unspecified atom stereocenters. The van der Waals surface area contributed by atoms with Crippen LogP contribution >= 0.6 is 11.9 Å². The van der Waals surface area contributed by atoms with Crippen LogP contribution in [0.3, 0.4) is 0 Å². The van der Waals surface area contributed by atoms with Gasteiger partial charge in [0.2, 0.25) is 0 Å². The van der Waals surface area contributed by atoms with Crippen LogP contribution in [0, 0.1) is 0 Å². The maximum Gasteiger partial charge on any atom is 0.195 e. The summed E-state index contributed by atoms with van der Waals surface area (Å²) in [5.74, 6) is -0.273. The molecule has 19 heavy (non-hydrogen) atoms. The van der Waals surface area contributed by atoms with Crippen molar-refractivity contribution in [1.29, 1.82) is 0 Å². The van der Waals surface area contributed by atoms with Crippen LogP contribution in [0.25, 0.3) is 0 Å². The summed E-state index contributed by atoms with van der Waals surface area (Å²) >= 11 is 1.39. The van der Waals surface area contributed by atoms with E-state index in [1.54, 1.807) is 30.3 Å². The number of carbonyl (C=O) groups is 1. The van der Waals surface area contributed by atoms with Gasteiger partial charge in [0.1, 0.15) is 6.10 Å². The first-order valence-corrected chi connectivity index (χ1v) is 7.16. The molecule has 3 nitrogen and oxygen atoms in total. The van der Waals surface area contributed by atoms with Crippen LogP contribution < -0.4 is 0 Å². The quantitative estimate of drug-likeness (QED) is 0.858. The van der Waals surface area contributed by atoms with Gasteiger partial charge in [0, 0.05) is 18.2 Å². The number of aliphatic hydroxyl groups excluding tert-OH is 1. The molecule has 0 saturated heterocycles. The van der Waals surface area contributed by atoms with Crippen molar-refractivity contribution in [3.05, 3.63) is 59.7 Å². The zero-order chi connectivity index (χ0) is 13.7. The van der Waals surface area contributed by atoms with Crippen molar-refractivity contribution in [1.82, 2.24) is 0 Å². The van der Waals surface area contributed by atoms with Gasteiger partial charge in [-0.05, 0) is 29.7 Å². The van der Waals surface area contributed by atoms with Crippen LogP contribution in [0.4, 0.5) is 0 Å². The van der Waals surface area contributed by atoms with E-state index in [1.807, 2.05) is 24.5 Å². The molecule has 0 amide bonds. The van der Waals surface area contributed by atoms with Crippen molar-refractivity contribution in [2.45, 2.75) is 12.5 Å². The molecular formula is C15H15NO2S. The number of aliphatic hydroxyl groups is 1. The molecule has 0 saturated carbocycles. The van der Waals surface area contributed by atoms with Crippen molar-refractivity contribution in [2.75, 3.05) is 6.26 Å². The first kappa shape index (κ1) is 13.8. The number of ketones is 1. The second kappa shape index (κ2) is 6.50. The molecule has 1 aliphatic carbocycles. The highest BCUT2D eigenvalue weighted by Crippen LogP contribution is 2.20. The molecule has 98 valence electrons. The summed E-state index contributed by atoms with van der Waals surface area (Å²) in [7, 11) is 0. The maximum absolute atomic E-state index is 12.1. The summed E-state index contributed by atoms with van der Waals surface area (Å²) < 4.78 is 4.21. The zero-order valence-corrected chi connectivity index (χ0v) is 11.4. The normalized spacial score (nSPS) is 18.2. The van der Waals surface area contributed by atoms with Crippen LogP contribution in [0.2, 0.25) is 0 Å². The molecule has 2 rings (SSSR count). The fourth-order valence-electron chi connectivity index (χ4n) is 1.85. The number of benzene rings is 1. The lowest BCUT2D eigenvalue weighted by Crippen LogP contribution is -2.15. The Morgan fingerprint density at radius 3 is 2.63 bits per heavy atom. The number of hydrogen-bond acceptors (Lipinski definition) is 4. The van der Waals surface area contributed by atoms with Gasteiger partial charge >= 0.3 is 0 Å². The van der Waals surface area contributed by atoms with Gasteiger partial charge in [-0.3, -0.25) is 4.79 Å². The number of allylic oxidation sites excluding steroid dienone is 3. The molecule has 1 N–H and O–H groups in total. The Kier molecular flexibility index (Phi) is 4.71. The number of rotatable bonds is 4. The van der Waals surface area contributed by atoms with Gasteiger partial charge in [-0.15, -0.1) is 0 Å². The van der Waals surface area contributed by atoms with Gasteiger partial charge in [-0.1, -0.05) is 36.4 Å². The molecule has 0 aliphatic heterocycles. The Hall–Kier alpha value is -1.65. The lowest BCUT2D eigenvalue weighted by atomic mass is 9.96. The van der Waals surface area contributed by atoms with E-state index >= 15 is 0 Å². The number of hydrogen-bond donors (Lipinski definition) is 1. The van der Waals surface area contributed by atoms with Crippen LogP contribution in [0.15, 0.2) is 58.5 Å². The monoisotopic (exact) mass is 273 g/mol. The molecule has 0 aromatic heterocycles. The summed E-state index contributed by atoms with van der Waals surface area (Å²) in [6.07, 6.45) is 6.76. The highest BCUT2D eigenvalue weighted by atomic mass is 32.2. The molecule has 0 radical (unpaired) electrons. The summed E-state index contributed by atoms with van der Waals surface area (Å²) in [5.41, 5.74) is 2.08. The molecule has 1 atom stereocenters. The van der Waals surface area contributed by atoms with Gasteiger partial charge in [0.25, 0.3) is 0 Å². The van der Waals surface area contributed by atoms with Gasteiger partial charge in [0.05, 0.1) is 5.71 Å². The largest absolute Gasteiger partial charge is 0.380 e. The van der Waals surface area contributed by atoms with E-state index in [1.165, 1.54) is 11.9 Å². The Morgan fingerprint density at radius 1 is 1.32 bits per heavy atom. The highest BCUT2D eigenvalue weighted by Gasteiger charge is 2.20. The predicted molar refractivity (Wildman–Crippen MR) is 79.2 cm³/mol. The molecule has 0 heterocycles. The van der Waals surface area contributed by atoms with E-state index in [0.29, 0.717) is 17.6 Å². The fourth-order valence-corrected chi connectivity index (χ4v) is 2.22. The Morgan fingerprint density at radius 2 is 2.05 bits per heavy atom. The maximum atomic E-state index is 12.1. The predicted octanol–water partition coefficient (Wildman–Crippen LogP) is 2.89. The standard InChI is InChI=1S/C15H15NO2S/c1-19-16-13-9-7-12(8-10-13)15(18)14(17)11-5-3-2-4-6-11/h2-9,14,17H,10H2,1H3. The molecule has 0 bridgehead atoms. The number of nitrogens with zero attached hydrogens (tertiary/aromatic N) is 1. The molecule has 0 spiro atoms. The third-order valence-electron chi connectivity index (χ3n) is 2.84. The minimum absolute atomic E-state index is 0.273. The summed E-state index contributed by atoms with van der Waals surface area (Å²) in [4.78, 5) is 12.1. The van der Waals surface area contributed by atoms with E-state index in [9.17, 15) is 9.90 Å². The Labute approximate surface area is 116 Å². The van der Waals surface area contributed by atoms with Gasteiger partial charge in [-0.2, -0.15) is 0 Å². The van der Waals surface area contributed by atoms with E-state index in [0.717, 1.165) is 5.71 Å². The van der Waals surface area contributed by atoms with Crippen LogP contribution in [0.1, 0.15) is 18.1 Å². The average molecular weight is 273 g/mol. The van der Waals surface area contributed by atoms with Crippen LogP contribution in [-0.2, 0) is 4.79 Å². The molecule has 1 aromatic rings. The Bertz CT molecular complexity index is 547. The van der Waals surface area contributed by atoms with E-state index in [4.69, 9.17) is 0 Å². The third-order valence-corrected chi connectivity index (χ3v) is 3.26. The van der Waals surface area contributed by atoms with Crippen molar-refractivity contribution in [3.8, 4) is 0 Å². The highest BCUT2D eigenvalue weighted by molar-refractivity contribution is 7.97. The molecular weight excluding hydrogens is 258 g/mol. The lowest BCUT2D eigenvalue weighted by molar-refractivity contribution is -0.123. The van der Waals surface area contributed by atoms with Crippen molar-refractivity contribution < 1.29 is 9.90 Å². The molecule has 1 aliphatic rings. The topological polar surface area (TPSA) is 49.7 Å². The van der Waals surface area contributed by atoms with Crippen molar-refractivity contribution in [2.24, 2.45) is 4.40 Å². The molecule has 4 heteroatoms. The first-order valence-electron chi connectivity index (χ1n) is 5.98.